The maximum atomic E-state index is 9.77. The fraction of sp³-hybridized carbons (Fsp3) is 1.00. The molecule has 2 aliphatic rings. The molecule has 3 heteroatoms. The molecule has 0 aliphatic heterocycles. The standard InChI is InChI=1S/C16H31NO2/c1-13-3-2-4-14(9-13)7-8-17-10-16(18)12-19-11-15-5-6-15/h13-18H,2-12H2,1H3. The van der Waals surface area contributed by atoms with Crippen LogP contribution in [0.5, 0.6) is 0 Å². The van der Waals surface area contributed by atoms with Gasteiger partial charge in [0.25, 0.3) is 0 Å². The van der Waals surface area contributed by atoms with E-state index < -0.39 is 0 Å². The average Bonchev–Trinajstić information content (AvgIpc) is 3.19. The minimum atomic E-state index is -0.343. The van der Waals surface area contributed by atoms with Crippen LogP contribution in [0.3, 0.4) is 0 Å². The topological polar surface area (TPSA) is 41.5 Å². The summed E-state index contributed by atoms with van der Waals surface area (Å²) in [6, 6.07) is 0. The Kier molecular flexibility index (Phi) is 6.62. The Hall–Kier alpha value is -0.120. The van der Waals surface area contributed by atoms with Crippen molar-refractivity contribution in [2.45, 2.75) is 58.0 Å². The van der Waals surface area contributed by atoms with Gasteiger partial charge in [0.1, 0.15) is 0 Å². The van der Waals surface area contributed by atoms with Crippen molar-refractivity contribution in [2.75, 3.05) is 26.3 Å². The Balaban J connectivity index is 1.41. The number of aliphatic hydroxyl groups excluding tert-OH is 1. The van der Waals surface area contributed by atoms with E-state index in [1.165, 1.54) is 44.9 Å². The quantitative estimate of drug-likeness (QED) is 0.632. The molecule has 0 saturated heterocycles. The second kappa shape index (κ2) is 8.23. The monoisotopic (exact) mass is 269 g/mol. The van der Waals surface area contributed by atoms with Crippen LogP contribution in [0.15, 0.2) is 0 Å². The molecule has 2 aliphatic carbocycles. The molecule has 2 saturated carbocycles. The molecule has 0 bridgehead atoms. The van der Waals surface area contributed by atoms with Crippen LogP contribution in [0.1, 0.15) is 51.9 Å². The first-order chi connectivity index (χ1) is 9.24. The van der Waals surface area contributed by atoms with Gasteiger partial charge in [-0.2, -0.15) is 0 Å². The molecule has 3 nitrogen and oxygen atoms in total. The van der Waals surface area contributed by atoms with E-state index in [0.29, 0.717) is 13.2 Å². The Morgan fingerprint density at radius 2 is 2.05 bits per heavy atom. The van der Waals surface area contributed by atoms with E-state index in [9.17, 15) is 5.11 Å². The van der Waals surface area contributed by atoms with Crippen LogP contribution in [0.25, 0.3) is 0 Å². The van der Waals surface area contributed by atoms with Gasteiger partial charge in [0.05, 0.1) is 12.7 Å². The third kappa shape index (κ3) is 6.73. The van der Waals surface area contributed by atoms with E-state index >= 15 is 0 Å². The molecule has 0 amide bonds. The Morgan fingerprint density at radius 1 is 1.21 bits per heavy atom. The average molecular weight is 269 g/mol. The fourth-order valence-electron chi connectivity index (χ4n) is 3.11. The van der Waals surface area contributed by atoms with Gasteiger partial charge in [-0.15, -0.1) is 0 Å². The number of nitrogens with one attached hydrogen (secondary N) is 1. The van der Waals surface area contributed by atoms with Crippen LogP contribution in [0, 0.1) is 17.8 Å². The summed E-state index contributed by atoms with van der Waals surface area (Å²) in [5.41, 5.74) is 0. The number of rotatable bonds is 9. The molecular weight excluding hydrogens is 238 g/mol. The minimum absolute atomic E-state index is 0.343. The van der Waals surface area contributed by atoms with E-state index in [-0.39, 0.29) is 6.10 Å². The van der Waals surface area contributed by atoms with Crippen LogP contribution < -0.4 is 5.32 Å². The zero-order valence-electron chi connectivity index (χ0n) is 12.4. The first-order valence-corrected chi connectivity index (χ1v) is 8.20. The summed E-state index contributed by atoms with van der Waals surface area (Å²) in [5.74, 6) is 2.60. The molecule has 2 N–H and O–H groups in total. The lowest BCUT2D eigenvalue weighted by molar-refractivity contribution is 0.0324. The molecule has 3 atom stereocenters. The van der Waals surface area contributed by atoms with E-state index in [1.807, 2.05) is 0 Å². The Bertz CT molecular complexity index is 243. The van der Waals surface area contributed by atoms with Crippen molar-refractivity contribution in [3.63, 3.8) is 0 Å². The largest absolute Gasteiger partial charge is 0.389 e. The number of hydrogen-bond donors (Lipinski definition) is 2. The summed E-state index contributed by atoms with van der Waals surface area (Å²) in [6.07, 6.45) is 9.17. The van der Waals surface area contributed by atoms with Crippen molar-refractivity contribution in [2.24, 2.45) is 17.8 Å². The third-order valence-electron chi connectivity index (χ3n) is 4.52. The lowest BCUT2D eigenvalue weighted by Crippen LogP contribution is -2.32. The lowest BCUT2D eigenvalue weighted by Gasteiger charge is -2.26. The molecule has 0 aromatic rings. The summed E-state index contributed by atoms with van der Waals surface area (Å²) in [4.78, 5) is 0. The molecular formula is C16H31NO2. The van der Waals surface area contributed by atoms with Gasteiger partial charge in [-0.05, 0) is 50.0 Å². The Morgan fingerprint density at radius 3 is 2.79 bits per heavy atom. The van der Waals surface area contributed by atoms with Crippen molar-refractivity contribution in [3.05, 3.63) is 0 Å². The van der Waals surface area contributed by atoms with Gasteiger partial charge < -0.3 is 15.2 Å². The van der Waals surface area contributed by atoms with Crippen LogP contribution >= 0.6 is 0 Å². The van der Waals surface area contributed by atoms with Gasteiger partial charge >= 0.3 is 0 Å². The summed E-state index contributed by atoms with van der Waals surface area (Å²) >= 11 is 0. The highest BCUT2D eigenvalue weighted by atomic mass is 16.5. The van der Waals surface area contributed by atoms with Gasteiger partial charge in [-0.3, -0.25) is 0 Å². The van der Waals surface area contributed by atoms with Crippen molar-refractivity contribution >= 4 is 0 Å². The van der Waals surface area contributed by atoms with Crippen LogP contribution in [0.2, 0.25) is 0 Å². The van der Waals surface area contributed by atoms with Crippen molar-refractivity contribution in [1.29, 1.82) is 0 Å². The second-order valence-corrected chi connectivity index (χ2v) is 6.77. The molecule has 3 unspecified atom stereocenters. The van der Waals surface area contributed by atoms with E-state index in [0.717, 1.165) is 30.9 Å². The smallest absolute Gasteiger partial charge is 0.0897 e. The second-order valence-electron chi connectivity index (χ2n) is 6.77. The zero-order chi connectivity index (χ0) is 13.5. The molecule has 0 radical (unpaired) electrons. The molecule has 112 valence electrons. The SMILES string of the molecule is CC1CCCC(CCNCC(O)COCC2CC2)C1. The fourth-order valence-corrected chi connectivity index (χ4v) is 3.11. The molecule has 0 aromatic carbocycles. The highest BCUT2D eigenvalue weighted by Crippen LogP contribution is 2.30. The van der Waals surface area contributed by atoms with E-state index in [4.69, 9.17) is 4.74 Å². The highest BCUT2D eigenvalue weighted by molar-refractivity contribution is 4.73. The zero-order valence-corrected chi connectivity index (χ0v) is 12.4. The maximum absolute atomic E-state index is 9.77. The number of hydrogen-bond acceptors (Lipinski definition) is 3. The molecule has 0 heterocycles. The van der Waals surface area contributed by atoms with Crippen LogP contribution in [-0.4, -0.2) is 37.5 Å². The molecule has 0 spiro atoms. The minimum Gasteiger partial charge on any atom is -0.389 e. The highest BCUT2D eigenvalue weighted by Gasteiger charge is 2.21. The van der Waals surface area contributed by atoms with Gasteiger partial charge in [0.2, 0.25) is 0 Å². The van der Waals surface area contributed by atoms with Crippen molar-refractivity contribution in [1.82, 2.24) is 5.32 Å². The van der Waals surface area contributed by atoms with Crippen LogP contribution in [-0.2, 0) is 4.74 Å². The first-order valence-electron chi connectivity index (χ1n) is 8.20. The maximum Gasteiger partial charge on any atom is 0.0897 e. The van der Waals surface area contributed by atoms with Crippen LogP contribution in [0.4, 0.5) is 0 Å². The summed E-state index contributed by atoms with van der Waals surface area (Å²) in [5, 5.41) is 13.1. The van der Waals surface area contributed by atoms with Gasteiger partial charge in [0.15, 0.2) is 0 Å². The lowest BCUT2D eigenvalue weighted by atomic mass is 9.81. The summed E-state index contributed by atoms with van der Waals surface area (Å²) in [6.45, 7) is 5.42. The third-order valence-corrected chi connectivity index (χ3v) is 4.52. The first kappa shape index (κ1) is 15.3. The van der Waals surface area contributed by atoms with Crippen molar-refractivity contribution < 1.29 is 9.84 Å². The van der Waals surface area contributed by atoms with Crippen molar-refractivity contribution in [3.8, 4) is 0 Å². The molecule has 19 heavy (non-hydrogen) atoms. The van der Waals surface area contributed by atoms with Gasteiger partial charge in [0, 0.05) is 13.2 Å². The number of ether oxygens (including phenoxy) is 1. The summed E-state index contributed by atoms with van der Waals surface area (Å²) < 4.78 is 5.49. The summed E-state index contributed by atoms with van der Waals surface area (Å²) in [7, 11) is 0. The molecule has 2 fully saturated rings. The van der Waals surface area contributed by atoms with E-state index in [2.05, 4.69) is 12.2 Å². The van der Waals surface area contributed by atoms with E-state index in [1.54, 1.807) is 0 Å². The van der Waals surface area contributed by atoms with Gasteiger partial charge in [-0.25, -0.2) is 0 Å². The number of aliphatic hydroxyl groups is 1. The van der Waals surface area contributed by atoms with Gasteiger partial charge in [-0.1, -0.05) is 26.2 Å². The normalized spacial score (nSPS) is 29.4. The molecule has 0 aromatic heterocycles. The predicted octanol–water partition coefficient (Wildman–Crippen LogP) is 2.58. The predicted molar refractivity (Wildman–Crippen MR) is 78.2 cm³/mol. The molecule has 2 rings (SSSR count). The Labute approximate surface area is 118 Å².